The van der Waals surface area contributed by atoms with Crippen LogP contribution in [-0.2, 0) is 25.5 Å². The number of carbonyl (C=O) groups excluding carboxylic acids is 2. The molecule has 6 nitrogen and oxygen atoms in total. The number of esters is 1. The number of carbonyl (C=O) groups is 2. The minimum Gasteiger partial charge on any atom is -0.467 e. The molecule has 1 aliphatic rings. The Labute approximate surface area is 176 Å². The molecule has 1 saturated heterocycles. The van der Waals surface area contributed by atoms with Crippen LogP contribution in [0.1, 0.15) is 24.8 Å². The van der Waals surface area contributed by atoms with Crippen molar-refractivity contribution in [3.8, 4) is 11.8 Å². The van der Waals surface area contributed by atoms with E-state index in [-0.39, 0.29) is 31.7 Å². The fraction of sp³-hybridized carbons (Fsp3) is 0.455. The molecule has 2 rings (SSSR count). The van der Waals surface area contributed by atoms with Gasteiger partial charge in [-0.15, -0.1) is 0 Å². The summed E-state index contributed by atoms with van der Waals surface area (Å²) in [6.45, 7) is 0.222. The summed E-state index contributed by atoms with van der Waals surface area (Å²) in [7, 11) is 1.29. The molecule has 0 radical (unpaired) electrons. The summed E-state index contributed by atoms with van der Waals surface area (Å²) in [6, 6.07) is 7.28. The number of aliphatic hydroxyl groups excluding tert-OH is 1. The first-order valence-corrected chi connectivity index (χ1v) is 9.88. The van der Waals surface area contributed by atoms with E-state index in [1.165, 1.54) is 7.11 Å². The Bertz CT molecular complexity index is 783. The van der Waals surface area contributed by atoms with Crippen LogP contribution in [0.15, 0.2) is 36.4 Å². The topological polar surface area (TPSA) is 76.1 Å². The summed E-state index contributed by atoms with van der Waals surface area (Å²) >= 11 is 5.98. The van der Waals surface area contributed by atoms with Crippen LogP contribution < -0.4 is 0 Å². The molecule has 1 aliphatic heterocycles. The van der Waals surface area contributed by atoms with Crippen LogP contribution in [-0.4, -0.2) is 60.9 Å². The van der Waals surface area contributed by atoms with Crippen molar-refractivity contribution in [3.05, 3.63) is 47.0 Å². The predicted molar refractivity (Wildman–Crippen MR) is 110 cm³/mol. The van der Waals surface area contributed by atoms with Gasteiger partial charge in [0.2, 0.25) is 5.91 Å². The molecule has 0 saturated carbocycles. The number of hydrogen-bond acceptors (Lipinski definition) is 5. The molecule has 1 N–H and O–H groups in total. The van der Waals surface area contributed by atoms with Gasteiger partial charge >= 0.3 is 5.97 Å². The highest BCUT2D eigenvalue weighted by Gasteiger charge is 2.25. The Kier molecular flexibility index (Phi) is 9.72. The largest absolute Gasteiger partial charge is 0.467 e. The Morgan fingerprint density at radius 1 is 1.45 bits per heavy atom. The van der Waals surface area contributed by atoms with Crippen molar-refractivity contribution in [3.63, 3.8) is 0 Å². The maximum Gasteiger partial charge on any atom is 0.331 e. The molecule has 0 bridgehead atoms. The van der Waals surface area contributed by atoms with Gasteiger partial charge in [0.1, 0.15) is 13.2 Å². The number of likely N-dealkylation sites (tertiary alicyclic amines) is 1. The Hall–Kier alpha value is -2.33. The van der Waals surface area contributed by atoms with Gasteiger partial charge in [-0.05, 0) is 30.5 Å². The average Bonchev–Trinajstić information content (AvgIpc) is 2.70. The second-order valence-corrected chi connectivity index (χ2v) is 7.13. The first-order valence-electron chi connectivity index (χ1n) is 9.50. The van der Waals surface area contributed by atoms with Crippen LogP contribution in [0, 0.1) is 11.8 Å². The van der Waals surface area contributed by atoms with Gasteiger partial charge in [-0.25, -0.2) is 4.79 Å². The van der Waals surface area contributed by atoms with Gasteiger partial charge in [-0.1, -0.05) is 47.7 Å². The van der Waals surface area contributed by atoms with Gasteiger partial charge in [0.05, 0.1) is 25.8 Å². The van der Waals surface area contributed by atoms with E-state index in [4.69, 9.17) is 16.3 Å². The lowest BCUT2D eigenvalue weighted by molar-refractivity contribution is -0.145. The molecule has 0 aliphatic carbocycles. The minimum atomic E-state index is -0.662. The second kappa shape index (κ2) is 12.3. The van der Waals surface area contributed by atoms with E-state index in [1.807, 2.05) is 24.3 Å². The fourth-order valence-corrected chi connectivity index (χ4v) is 3.23. The summed E-state index contributed by atoms with van der Waals surface area (Å²) in [4.78, 5) is 24.9. The Morgan fingerprint density at radius 2 is 2.28 bits per heavy atom. The summed E-state index contributed by atoms with van der Waals surface area (Å²) in [6.07, 6.45) is 5.53. The lowest BCUT2D eigenvalue weighted by Gasteiger charge is -2.32. The molecular weight excluding hydrogens is 394 g/mol. The zero-order chi connectivity index (χ0) is 21.1. The molecule has 1 aromatic carbocycles. The van der Waals surface area contributed by atoms with E-state index in [2.05, 4.69) is 16.6 Å². The lowest BCUT2D eigenvalue weighted by Crippen LogP contribution is -2.42. The number of amides is 1. The van der Waals surface area contributed by atoms with Crippen molar-refractivity contribution < 1.29 is 24.2 Å². The zero-order valence-electron chi connectivity index (χ0n) is 16.5. The summed E-state index contributed by atoms with van der Waals surface area (Å²) in [5.41, 5.74) is 0.948. The second-order valence-electron chi connectivity index (χ2n) is 6.69. The van der Waals surface area contributed by atoms with E-state index >= 15 is 0 Å². The van der Waals surface area contributed by atoms with Crippen molar-refractivity contribution in [1.29, 1.82) is 0 Å². The molecule has 0 spiro atoms. The summed E-state index contributed by atoms with van der Waals surface area (Å²) in [5, 5.41) is 10.9. The Balaban J connectivity index is 1.87. The van der Waals surface area contributed by atoms with Gasteiger partial charge in [0.25, 0.3) is 0 Å². The molecule has 2 atom stereocenters. The maximum absolute atomic E-state index is 12.3. The first-order chi connectivity index (χ1) is 14.0. The van der Waals surface area contributed by atoms with Gasteiger partial charge < -0.3 is 19.5 Å². The van der Waals surface area contributed by atoms with Gasteiger partial charge in [-0.2, -0.15) is 0 Å². The number of nitrogens with zero attached hydrogens (tertiary/aromatic N) is 1. The predicted octanol–water partition coefficient (Wildman–Crippen LogP) is 2.37. The lowest BCUT2D eigenvalue weighted by atomic mass is 9.99. The third-order valence-corrected chi connectivity index (χ3v) is 4.73. The average molecular weight is 420 g/mol. The molecule has 29 heavy (non-hydrogen) atoms. The van der Waals surface area contributed by atoms with Crippen LogP contribution in [0.2, 0.25) is 5.02 Å². The number of aliphatic hydroxyl groups is 1. The molecule has 7 heteroatoms. The van der Waals surface area contributed by atoms with Crippen LogP contribution in [0.3, 0.4) is 0 Å². The zero-order valence-corrected chi connectivity index (χ0v) is 17.2. The monoisotopic (exact) mass is 419 g/mol. The van der Waals surface area contributed by atoms with Crippen molar-refractivity contribution >= 4 is 23.5 Å². The Morgan fingerprint density at radius 3 is 3.03 bits per heavy atom. The highest BCUT2D eigenvalue weighted by atomic mass is 35.5. The van der Waals surface area contributed by atoms with E-state index in [0.29, 0.717) is 17.9 Å². The van der Waals surface area contributed by atoms with Crippen molar-refractivity contribution in [1.82, 2.24) is 4.90 Å². The summed E-state index contributed by atoms with van der Waals surface area (Å²) < 4.78 is 9.54. The maximum atomic E-state index is 12.3. The van der Waals surface area contributed by atoms with Crippen LogP contribution >= 0.6 is 11.6 Å². The number of benzene rings is 1. The van der Waals surface area contributed by atoms with Crippen LogP contribution in [0.25, 0.3) is 0 Å². The fourth-order valence-electron chi connectivity index (χ4n) is 3.02. The molecule has 156 valence electrons. The highest BCUT2D eigenvalue weighted by Crippen LogP contribution is 2.19. The third kappa shape index (κ3) is 8.28. The third-order valence-electron chi connectivity index (χ3n) is 4.50. The number of hydrogen-bond donors (Lipinski definition) is 1. The van der Waals surface area contributed by atoms with Crippen LogP contribution in [0.5, 0.6) is 0 Å². The van der Waals surface area contributed by atoms with Gasteiger partial charge in [-0.3, -0.25) is 4.79 Å². The van der Waals surface area contributed by atoms with E-state index in [9.17, 15) is 14.7 Å². The number of methoxy groups -OCH3 is 1. The van der Waals surface area contributed by atoms with E-state index in [1.54, 1.807) is 17.0 Å². The number of rotatable bonds is 8. The van der Waals surface area contributed by atoms with E-state index in [0.717, 1.165) is 18.4 Å². The van der Waals surface area contributed by atoms with Crippen molar-refractivity contribution in [2.45, 2.75) is 37.8 Å². The minimum absolute atomic E-state index is 0.0417. The molecule has 1 fully saturated rings. The normalized spacial score (nSPS) is 17.7. The van der Waals surface area contributed by atoms with Gasteiger partial charge in [0, 0.05) is 17.9 Å². The first kappa shape index (κ1) is 23.0. The standard InChI is InChI=1S/C22H26ClNO5/c1-28-22(27)16-29-13-3-2-12-24-19(8-5-9-21(24)26)10-11-20(25)15-17-6-4-7-18(23)14-17/h4,6-7,10-11,14,19-20,25H,5,8-9,12-13,15-16H2,1H3/b11-10+/t19-,20?/m1/s1. The van der Waals surface area contributed by atoms with Gasteiger partial charge in [0.15, 0.2) is 0 Å². The summed E-state index contributed by atoms with van der Waals surface area (Å²) in [5.74, 6) is 5.29. The molecule has 1 amide bonds. The van der Waals surface area contributed by atoms with Crippen molar-refractivity contribution in [2.75, 3.05) is 26.9 Å². The quantitative estimate of drug-likeness (QED) is 0.303. The number of piperidine rings is 1. The van der Waals surface area contributed by atoms with E-state index < -0.39 is 12.1 Å². The SMILES string of the molecule is COC(=O)COCC#CCN1C(=O)CCC[C@@H]1/C=C/C(O)Cc1cccc(Cl)c1. The molecule has 1 unspecified atom stereocenters. The molecule has 1 aromatic rings. The molecule has 1 heterocycles. The number of ether oxygens (including phenoxy) is 2. The number of halogens is 1. The van der Waals surface area contributed by atoms with Crippen molar-refractivity contribution in [2.24, 2.45) is 0 Å². The highest BCUT2D eigenvalue weighted by molar-refractivity contribution is 6.30. The molecular formula is C22H26ClNO5. The smallest absolute Gasteiger partial charge is 0.331 e. The van der Waals surface area contributed by atoms with Crippen LogP contribution in [0.4, 0.5) is 0 Å². The molecule has 0 aromatic heterocycles.